The number of carboxylic acid groups (broad SMARTS) is 1. The molecule has 0 saturated carbocycles. The van der Waals surface area contributed by atoms with Crippen LogP contribution in [0.4, 0.5) is 4.79 Å². The first kappa shape index (κ1) is 22.4. The van der Waals surface area contributed by atoms with E-state index in [4.69, 9.17) is 10.5 Å². The minimum absolute atomic E-state index is 0.262. The Morgan fingerprint density at radius 3 is 2.48 bits per heavy atom. The van der Waals surface area contributed by atoms with Crippen molar-refractivity contribution in [3.63, 3.8) is 0 Å². The topological polar surface area (TPSA) is 115 Å². The van der Waals surface area contributed by atoms with Gasteiger partial charge in [-0.3, -0.25) is 9.69 Å². The summed E-state index contributed by atoms with van der Waals surface area (Å²) in [6, 6.07) is 5.35. The van der Waals surface area contributed by atoms with E-state index in [2.05, 4.69) is 0 Å². The Morgan fingerprint density at radius 1 is 1.31 bits per heavy atom. The minimum Gasteiger partial charge on any atom is -0.477 e. The number of aryl methyl sites for hydroxylation is 1. The first-order valence-corrected chi connectivity index (χ1v) is 9.59. The van der Waals surface area contributed by atoms with Gasteiger partial charge in [0.1, 0.15) is 11.2 Å². The second-order valence-corrected chi connectivity index (χ2v) is 7.98. The van der Waals surface area contributed by atoms with Crippen LogP contribution in [0.15, 0.2) is 29.2 Å². The van der Waals surface area contributed by atoms with Gasteiger partial charge < -0.3 is 20.1 Å². The van der Waals surface area contributed by atoms with Crippen LogP contribution in [0.1, 0.15) is 50.5 Å². The summed E-state index contributed by atoms with van der Waals surface area (Å²) in [6.45, 7) is 9.77. The number of pyridine rings is 1. The van der Waals surface area contributed by atoms with E-state index in [1.807, 2.05) is 13.0 Å². The molecule has 0 aliphatic carbocycles. The van der Waals surface area contributed by atoms with Crippen LogP contribution in [0.5, 0.6) is 0 Å². The molecule has 3 N–H and O–H groups in total. The van der Waals surface area contributed by atoms with Gasteiger partial charge in [-0.15, -0.1) is 0 Å². The molecule has 1 heterocycles. The van der Waals surface area contributed by atoms with Crippen molar-refractivity contribution in [2.75, 3.05) is 6.54 Å². The average molecular weight is 403 g/mol. The molecule has 1 amide bonds. The molecule has 158 valence electrons. The molecule has 1 unspecified atom stereocenters. The average Bonchev–Trinajstić information content (AvgIpc) is 2.60. The highest BCUT2D eigenvalue weighted by atomic mass is 16.6. The molecule has 29 heavy (non-hydrogen) atoms. The van der Waals surface area contributed by atoms with Gasteiger partial charge >= 0.3 is 12.1 Å². The fourth-order valence-corrected chi connectivity index (χ4v) is 3.05. The van der Waals surface area contributed by atoms with Crippen LogP contribution in [0, 0.1) is 0 Å². The van der Waals surface area contributed by atoms with Crippen LogP contribution in [0.2, 0.25) is 0 Å². The molecular weight excluding hydrogens is 374 g/mol. The zero-order chi connectivity index (χ0) is 21.9. The van der Waals surface area contributed by atoms with E-state index in [0.717, 1.165) is 5.56 Å². The molecule has 0 bridgehead atoms. The first-order valence-electron chi connectivity index (χ1n) is 9.59. The molecule has 0 spiro atoms. The number of rotatable bonds is 6. The number of aromatic nitrogens is 1. The third kappa shape index (κ3) is 5.35. The number of nitrogens with zero attached hydrogens (tertiary/aromatic N) is 2. The van der Waals surface area contributed by atoms with E-state index in [1.54, 1.807) is 44.4 Å². The minimum atomic E-state index is -1.25. The summed E-state index contributed by atoms with van der Waals surface area (Å²) < 4.78 is 7.13. The number of carbonyl (C=O) groups is 2. The Balaban J connectivity index is 2.34. The molecular formula is C21H29N3O5. The molecule has 0 saturated heterocycles. The summed E-state index contributed by atoms with van der Waals surface area (Å²) in [5.74, 6) is -1.25. The zero-order valence-corrected chi connectivity index (χ0v) is 17.6. The van der Waals surface area contributed by atoms with Gasteiger partial charge in [0.2, 0.25) is 5.43 Å². The summed E-state index contributed by atoms with van der Waals surface area (Å²) in [4.78, 5) is 37.8. The van der Waals surface area contributed by atoms with E-state index >= 15 is 0 Å². The van der Waals surface area contributed by atoms with Gasteiger partial charge in [-0.1, -0.05) is 6.07 Å². The predicted octanol–water partition coefficient (Wildman–Crippen LogP) is 2.80. The van der Waals surface area contributed by atoms with E-state index in [0.29, 0.717) is 30.4 Å². The SMILES string of the molecule is CCn1cc(C(=O)O)c(=O)c2cc(CCN(C(=O)OC(C)(C)C)C(C)N)ccc21. The van der Waals surface area contributed by atoms with Crippen molar-refractivity contribution in [1.29, 1.82) is 0 Å². The third-order valence-corrected chi connectivity index (χ3v) is 4.48. The molecule has 0 aliphatic heterocycles. The fraction of sp³-hybridized carbons (Fsp3) is 0.476. The normalized spacial score (nSPS) is 12.6. The van der Waals surface area contributed by atoms with Gasteiger partial charge in [0.05, 0.1) is 11.7 Å². The fourth-order valence-electron chi connectivity index (χ4n) is 3.05. The maximum atomic E-state index is 12.6. The molecule has 0 radical (unpaired) electrons. The lowest BCUT2D eigenvalue weighted by molar-refractivity contribution is 0.0184. The molecule has 1 atom stereocenters. The quantitative estimate of drug-likeness (QED) is 0.717. The number of hydrogen-bond acceptors (Lipinski definition) is 5. The van der Waals surface area contributed by atoms with Crippen molar-refractivity contribution < 1.29 is 19.4 Å². The summed E-state index contributed by atoms with van der Waals surface area (Å²) in [6.07, 6.45) is 0.767. The first-order chi connectivity index (χ1) is 13.4. The lowest BCUT2D eigenvalue weighted by Crippen LogP contribution is -2.47. The van der Waals surface area contributed by atoms with Crippen LogP contribution in [-0.2, 0) is 17.7 Å². The lowest BCUT2D eigenvalue weighted by Gasteiger charge is -2.30. The summed E-state index contributed by atoms with van der Waals surface area (Å²) >= 11 is 0. The lowest BCUT2D eigenvalue weighted by atomic mass is 10.1. The summed E-state index contributed by atoms with van der Waals surface area (Å²) in [5, 5.41) is 9.66. The Morgan fingerprint density at radius 2 is 1.97 bits per heavy atom. The predicted molar refractivity (Wildman–Crippen MR) is 111 cm³/mol. The Kier molecular flexibility index (Phi) is 6.69. The number of carboxylic acids is 1. The van der Waals surface area contributed by atoms with E-state index in [-0.39, 0.29) is 5.56 Å². The Hall–Kier alpha value is -2.87. The number of carbonyl (C=O) groups excluding carboxylic acids is 1. The number of amides is 1. The highest BCUT2D eigenvalue weighted by Gasteiger charge is 2.24. The van der Waals surface area contributed by atoms with Crippen molar-refractivity contribution in [3.8, 4) is 0 Å². The summed E-state index contributed by atoms with van der Waals surface area (Å²) in [5.41, 5.74) is 5.99. The molecule has 2 aromatic rings. The second-order valence-electron chi connectivity index (χ2n) is 7.98. The molecule has 1 aromatic carbocycles. The van der Waals surface area contributed by atoms with Gasteiger partial charge in [-0.25, -0.2) is 9.59 Å². The molecule has 0 aliphatic rings. The van der Waals surface area contributed by atoms with Crippen LogP contribution >= 0.6 is 0 Å². The van der Waals surface area contributed by atoms with E-state index < -0.39 is 29.3 Å². The van der Waals surface area contributed by atoms with Crippen molar-refractivity contribution >= 4 is 23.0 Å². The van der Waals surface area contributed by atoms with Crippen LogP contribution in [0.3, 0.4) is 0 Å². The van der Waals surface area contributed by atoms with Gasteiger partial charge in [-0.05, 0) is 58.7 Å². The smallest absolute Gasteiger partial charge is 0.411 e. The van der Waals surface area contributed by atoms with Gasteiger partial charge in [-0.2, -0.15) is 0 Å². The zero-order valence-electron chi connectivity index (χ0n) is 17.6. The number of hydrogen-bond donors (Lipinski definition) is 2. The number of fused-ring (bicyclic) bond motifs is 1. The third-order valence-electron chi connectivity index (χ3n) is 4.48. The van der Waals surface area contributed by atoms with Gasteiger partial charge in [0, 0.05) is 24.7 Å². The Labute approximate surface area is 169 Å². The largest absolute Gasteiger partial charge is 0.477 e. The van der Waals surface area contributed by atoms with Crippen LogP contribution in [0.25, 0.3) is 10.9 Å². The number of benzene rings is 1. The highest BCUT2D eigenvalue weighted by molar-refractivity contribution is 5.92. The number of nitrogens with two attached hydrogens (primary N) is 1. The monoisotopic (exact) mass is 403 g/mol. The summed E-state index contributed by atoms with van der Waals surface area (Å²) in [7, 11) is 0. The standard InChI is InChI=1S/C21H29N3O5/c1-6-23-12-16(19(26)27)18(25)15-11-14(7-8-17(15)23)9-10-24(13(2)22)20(28)29-21(3,4)5/h7-8,11-13H,6,9-10,22H2,1-5H3,(H,26,27). The van der Waals surface area contributed by atoms with Crippen molar-refractivity contribution in [2.24, 2.45) is 5.73 Å². The van der Waals surface area contributed by atoms with Crippen LogP contribution in [-0.4, -0.2) is 44.9 Å². The number of ether oxygens (including phenoxy) is 1. The maximum absolute atomic E-state index is 12.6. The molecule has 1 aromatic heterocycles. The van der Waals surface area contributed by atoms with E-state index in [9.17, 15) is 19.5 Å². The number of aromatic carboxylic acids is 1. The molecule has 8 heteroatoms. The van der Waals surface area contributed by atoms with Gasteiger partial charge in [0.15, 0.2) is 0 Å². The van der Waals surface area contributed by atoms with Crippen molar-refractivity contribution in [2.45, 2.75) is 59.4 Å². The molecule has 8 nitrogen and oxygen atoms in total. The Bertz CT molecular complexity index is 973. The second kappa shape index (κ2) is 8.65. The highest BCUT2D eigenvalue weighted by Crippen LogP contribution is 2.17. The molecule has 0 fully saturated rings. The van der Waals surface area contributed by atoms with Crippen LogP contribution < -0.4 is 11.2 Å². The van der Waals surface area contributed by atoms with Crippen molar-refractivity contribution in [3.05, 3.63) is 45.7 Å². The van der Waals surface area contributed by atoms with E-state index in [1.165, 1.54) is 11.1 Å². The maximum Gasteiger partial charge on any atom is 0.411 e. The van der Waals surface area contributed by atoms with Crippen molar-refractivity contribution in [1.82, 2.24) is 9.47 Å². The molecule has 2 rings (SSSR count). The van der Waals surface area contributed by atoms with Gasteiger partial charge in [0.25, 0.3) is 0 Å².